The van der Waals surface area contributed by atoms with Gasteiger partial charge in [-0.05, 0) is 19.4 Å². The lowest BCUT2D eigenvalue weighted by Crippen LogP contribution is -2.09. The second kappa shape index (κ2) is 7.28. The minimum absolute atomic E-state index is 0.214. The summed E-state index contributed by atoms with van der Waals surface area (Å²) in [6, 6.07) is 1.53. The molecule has 0 fully saturated rings. The Bertz CT molecular complexity index is 427. The van der Waals surface area contributed by atoms with Crippen molar-refractivity contribution in [3.05, 3.63) is 16.1 Å². The van der Waals surface area contributed by atoms with Crippen LogP contribution in [0.25, 0.3) is 0 Å². The summed E-state index contributed by atoms with van der Waals surface area (Å²) in [6.07, 6.45) is 0.973. The fourth-order valence-electron chi connectivity index (χ4n) is 1.28. The number of ether oxygens (including phenoxy) is 1. The number of halogens is 2. The molecule has 7 heteroatoms. The topological polar surface area (TPSA) is 77.2 Å². The van der Waals surface area contributed by atoms with Crippen LogP contribution < -0.4 is 11.1 Å². The lowest BCUT2D eigenvalue weighted by Gasteiger charge is -2.08. The van der Waals surface area contributed by atoms with Crippen LogP contribution in [-0.2, 0) is 9.53 Å². The number of pyridine rings is 1. The Balaban J connectivity index is 2.40. The average Bonchev–Trinajstić information content (AvgIpc) is 2.31. The number of aromatic nitrogens is 1. The molecule has 1 aromatic heterocycles. The van der Waals surface area contributed by atoms with Crippen LogP contribution in [0.3, 0.4) is 0 Å². The number of rotatable bonds is 6. The number of carbonyl (C=O) groups excluding carboxylic acids is 1. The third-order valence-corrected chi connectivity index (χ3v) is 2.70. The van der Waals surface area contributed by atoms with Crippen LogP contribution in [0.4, 0.5) is 11.6 Å². The Morgan fingerprint density at radius 1 is 1.50 bits per heavy atom. The lowest BCUT2D eigenvalue weighted by atomic mass is 10.3. The van der Waals surface area contributed by atoms with E-state index in [0.29, 0.717) is 41.9 Å². The number of carbonyl (C=O) groups is 1. The number of nitrogens with one attached hydrogen (secondary N) is 1. The minimum atomic E-state index is -0.214. The molecule has 0 aliphatic heterocycles. The monoisotopic (exact) mass is 291 g/mol. The molecular formula is C11H15Cl2N3O2. The van der Waals surface area contributed by atoms with Crippen LogP contribution in [-0.4, -0.2) is 24.1 Å². The largest absolute Gasteiger partial charge is 0.466 e. The molecule has 0 amide bonds. The number of anilines is 2. The molecule has 18 heavy (non-hydrogen) atoms. The van der Waals surface area contributed by atoms with Crippen molar-refractivity contribution < 1.29 is 9.53 Å². The maximum Gasteiger partial charge on any atom is 0.305 e. The SMILES string of the molecule is CCOC(=O)CCCNc1nc(N)c(Cl)cc1Cl. The van der Waals surface area contributed by atoms with Crippen molar-refractivity contribution in [2.24, 2.45) is 0 Å². The highest BCUT2D eigenvalue weighted by Gasteiger charge is 2.07. The van der Waals surface area contributed by atoms with Crippen LogP contribution in [0, 0.1) is 0 Å². The van der Waals surface area contributed by atoms with Gasteiger partial charge in [-0.15, -0.1) is 0 Å². The van der Waals surface area contributed by atoms with Crippen LogP contribution in [0.5, 0.6) is 0 Å². The summed E-state index contributed by atoms with van der Waals surface area (Å²) in [5, 5.41) is 3.70. The van der Waals surface area contributed by atoms with Gasteiger partial charge in [-0.2, -0.15) is 0 Å². The predicted molar refractivity (Wildman–Crippen MR) is 73.0 cm³/mol. The Hall–Kier alpha value is -1.20. The van der Waals surface area contributed by atoms with E-state index < -0.39 is 0 Å². The van der Waals surface area contributed by atoms with Crippen molar-refractivity contribution in [3.63, 3.8) is 0 Å². The number of nitrogens with two attached hydrogens (primary N) is 1. The molecule has 0 aliphatic rings. The molecule has 5 nitrogen and oxygen atoms in total. The van der Waals surface area contributed by atoms with Gasteiger partial charge < -0.3 is 15.8 Å². The summed E-state index contributed by atoms with van der Waals surface area (Å²) in [5.74, 6) is 0.463. The number of nitrogen functional groups attached to an aromatic ring is 1. The number of nitrogens with zero attached hydrogens (tertiary/aromatic N) is 1. The van der Waals surface area contributed by atoms with Crippen molar-refractivity contribution in [1.29, 1.82) is 0 Å². The van der Waals surface area contributed by atoms with Gasteiger partial charge in [0.2, 0.25) is 0 Å². The van der Waals surface area contributed by atoms with Gasteiger partial charge in [0.15, 0.2) is 0 Å². The molecule has 0 bridgehead atoms. The molecule has 0 saturated heterocycles. The summed E-state index contributed by atoms with van der Waals surface area (Å²) in [7, 11) is 0. The molecule has 0 aromatic carbocycles. The summed E-state index contributed by atoms with van der Waals surface area (Å²) in [4.78, 5) is 15.1. The van der Waals surface area contributed by atoms with Crippen molar-refractivity contribution in [2.75, 3.05) is 24.2 Å². The number of hydrogen-bond donors (Lipinski definition) is 2. The van der Waals surface area contributed by atoms with Gasteiger partial charge in [-0.1, -0.05) is 23.2 Å². The van der Waals surface area contributed by atoms with E-state index in [1.54, 1.807) is 6.92 Å². The van der Waals surface area contributed by atoms with E-state index >= 15 is 0 Å². The van der Waals surface area contributed by atoms with Crippen LogP contribution in [0.2, 0.25) is 10.0 Å². The molecule has 1 aromatic rings. The lowest BCUT2D eigenvalue weighted by molar-refractivity contribution is -0.143. The maximum atomic E-state index is 11.1. The standard InChI is InChI=1S/C11H15Cl2N3O2/c1-2-18-9(17)4-3-5-15-11-8(13)6-7(12)10(14)16-11/h6H,2-5H2,1H3,(H3,14,15,16). The molecule has 1 heterocycles. The van der Waals surface area contributed by atoms with E-state index in [2.05, 4.69) is 10.3 Å². The van der Waals surface area contributed by atoms with E-state index in [1.807, 2.05) is 0 Å². The van der Waals surface area contributed by atoms with Crippen molar-refractivity contribution in [2.45, 2.75) is 19.8 Å². The third kappa shape index (κ3) is 4.58. The summed E-state index contributed by atoms with van der Waals surface area (Å²) in [6.45, 7) is 2.72. The molecule has 0 saturated carbocycles. The van der Waals surface area contributed by atoms with Gasteiger partial charge in [-0.25, -0.2) is 4.98 Å². The summed E-state index contributed by atoms with van der Waals surface area (Å²) >= 11 is 11.7. The molecule has 3 N–H and O–H groups in total. The normalized spacial score (nSPS) is 10.2. The maximum absolute atomic E-state index is 11.1. The molecule has 0 spiro atoms. The quantitative estimate of drug-likeness (QED) is 0.622. The smallest absolute Gasteiger partial charge is 0.305 e. The zero-order chi connectivity index (χ0) is 13.5. The predicted octanol–water partition coefficient (Wildman–Crippen LogP) is 2.73. The van der Waals surface area contributed by atoms with Gasteiger partial charge in [0.05, 0.1) is 16.7 Å². The summed E-state index contributed by atoms with van der Waals surface area (Å²) in [5.41, 5.74) is 5.57. The zero-order valence-corrected chi connectivity index (χ0v) is 11.5. The number of hydrogen-bond acceptors (Lipinski definition) is 5. The van der Waals surface area contributed by atoms with Gasteiger partial charge in [-0.3, -0.25) is 4.79 Å². The molecule has 0 atom stereocenters. The van der Waals surface area contributed by atoms with E-state index in [-0.39, 0.29) is 11.8 Å². The molecule has 0 radical (unpaired) electrons. The van der Waals surface area contributed by atoms with Gasteiger partial charge in [0.25, 0.3) is 0 Å². The third-order valence-electron chi connectivity index (χ3n) is 2.11. The molecule has 0 unspecified atom stereocenters. The van der Waals surface area contributed by atoms with E-state index in [4.69, 9.17) is 33.7 Å². The molecular weight excluding hydrogens is 277 g/mol. The summed E-state index contributed by atoms with van der Waals surface area (Å²) < 4.78 is 4.81. The Labute approximate surface area is 116 Å². The minimum Gasteiger partial charge on any atom is -0.466 e. The first-order chi connectivity index (χ1) is 8.54. The fourth-order valence-corrected chi connectivity index (χ4v) is 1.70. The van der Waals surface area contributed by atoms with Gasteiger partial charge in [0, 0.05) is 13.0 Å². The average molecular weight is 292 g/mol. The highest BCUT2D eigenvalue weighted by Crippen LogP contribution is 2.27. The highest BCUT2D eigenvalue weighted by molar-refractivity contribution is 6.37. The zero-order valence-electron chi connectivity index (χ0n) is 10.0. The van der Waals surface area contributed by atoms with Crippen LogP contribution >= 0.6 is 23.2 Å². The number of esters is 1. The highest BCUT2D eigenvalue weighted by atomic mass is 35.5. The molecule has 0 aliphatic carbocycles. The van der Waals surface area contributed by atoms with Crippen molar-refractivity contribution >= 4 is 40.8 Å². The van der Waals surface area contributed by atoms with Crippen LogP contribution in [0.15, 0.2) is 6.07 Å². The Kier molecular flexibility index (Phi) is 6.01. The first kappa shape index (κ1) is 14.9. The van der Waals surface area contributed by atoms with Gasteiger partial charge >= 0.3 is 5.97 Å². The second-order valence-electron chi connectivity index (χ2n) is 3.52. The Morgan fingerprint density at radius 2 is 2.22 bits per heavy atom. The van der Waals surface area contributed by atoms with Crippen molar-refractivity contribution in [1.82, 2.24) is 4.98 Å². The van der Waals surface area contributed by atoms with E-state index in [0.717, 1.165) is 0 Å². The molecule has 1 rings (SSSR count). The Morgan fingerprint density at radius 3 is 2.89 bits per heavy atom. The fraction of sp³-hybridized carbons (Fsp3) is 0.455. The van der Waals surface area contributed by atoms with E-state index in [1.165, 1.54) is 6.07 Å². The van der Waals surface area contributed by atoms with Crippen molar-refractivity contribution in [3.8, 4) is 0 Å². The first-order valence-electron chi connectivity index (χ1n) is 5.55. The van der Waals surface area contributed by atoms with Gasteiger partial charge in [0.1, 0.15) is 11.6 Å². The first-order valence-corrected chi connectivity index (χ1v) is 6.31. The van der Waals surface area contributed by atoms with E-state index in [9.17, 15) is 4.79 Å². The second-order valence-corrected chi connectivity index (χ2v) is 4.34. The molecule has 100 valence electrons. The van der Waals surface area contributed by atoms with Crippen LogP contribution in [0.1, 0.15) is 19.8 Å².